The number of anilines is 1. The first kappa shape index (κ1) is 12.6. The van der Waals surface area contributed by atoms with E-state index in [0.29, 0.717) is 24.3 Å². The van der Waals surface area contributed by atoms with E-state index in [1.807, 2.05) is 0 Å². The number of carbonyl (C=O) groups is 2. The normalized spacial score (nSPS) is 16.7. The number of aliphatic hydroxyl groups is 1. The van der Waals surface area contributed by atoms with Crippen molar-refractivity contribution in [2.45, 2.75) is 19.4 Å². The number of carbonyl (C=O) groups excluding carboxylic acids is 2. The maximum Gasteiger partial charge on any atom is 0.316 e. The van der Waals surface area contributed by atoms with Gasteiger partial charge in [-0.15, -0.1) is 0 Å². The third-order valence-electron chi connectivity index (χ3n) is 2.92. The molecule has 1 aliphatic rings. The molecule has 1 aliphatic heterocycles. The Hall–Kier alpha value is -1.88. The van der Waals surface area contributed by atoms with Gasteiger partial charge in [0, 0.05) is 18.8 Å². The van der Waals surface area contributed by atoms with Crippen molar-refractivity contribution in [3.8, 4) is 0 Å². The molecule has 0 aromatic heterocycles. The minimum absolute atomic E-state index is 0.442. The summed E-state index contributed by atoms with van der Waals surface area (Å²) in [5.41, 5.74) is 0.366. The number of nitrogens with one attached hydrogen (secondary N) is 1. The molecule has 96 valence electrons. The van der Waals surface area contributed by atoms with Crippen LogP contribution in [0.3, 0.4) is 0 Å². The van der Waals surface area contributed by atoms with Gasteiger partial charge in [0.2, 0.25) is 0 Å². The molecular weight excluding hydrogens is 232 g/mol. The standard InChI is InChI=1S/C13H16N2O3/c1-13(2,18)9-4-3-5-10(8-9)15-7-6-14-11(16)12(15)17/h3-5,8,18H,6-7H2,1-2H3,(H,14,16). The zero-order valence-electron chi connectivity index (χ0n) is 10.4. The highest BCUT2D eigenvalue weighted by Crippen LogP contribution is 2.25. The number of amides is 2. The molecule has 5 nitrogen and oxygen atoms in total. The van der Waals surface area contributed by atoms with E-state index in [0.717, 1.165) is 0 Å². The van der Waals surface area contributed by atoms with Gasteiger partial charge in [-0.05, 0) is 31.5 Å². The summed E-state index contributed by atoms with van der Waals surface area (Å²) in [6, 6.07) is 7.04. The van der Waals surface area contributed by atoms with Gasteiger partial charge in [0.1, 0.15) is 0 Å². The molecule has 0 unspecified atom stereocenters. The largest absolute Gasteiger partial charge is 0.386 e. The van der Waals surface area contributed by atoms with Crippen LogP contribution in [0, 0.1) is 0 Å². The molecule has 0 bridgehead atoms. The fourth-order valence-corrected chi connectivity index (χ4v) is 1.88. The van der Waals surface area contributed by atoms with Crippen molar-refractivity contribution in [3.05, 3.63) is 29.8 Å². The highest BCUT2D eigenvalue weighted by atomic mass is 16.3. The van der Waals surface area contributed by atoms with Gasteiger partial charge in [-0.25, -0.2) is 0 Å². The summed E-state index contributed by atoms with van der Waals surface area (Å²) in [6.07, 6.45) is 0. The predicted molar refractivity (Wildman–Crippen MR) is 67.0 cm³/mol. The Morgan fingerprint density at radius 1 is 1.33 bits per heavy atom. The van der Waals surface area contributed by atoms with Gasteiger partial charge in [-0.2, -0.15) is 0 Å². The lowest BCUT2D eigenvalue weighted by Crippen LogP contribution is -2.52. The van der Waals surface area contributed by atoms with E-state index in [4.69, 9.17) is 0 Å². The van der Waals surface area contributed by atoms with Crippen LogP contribution in [0.5, 0.6) is 0 Å². The molecule has 5 heteroatoms. The first-order valence-corrected chi connectivity index (χ1v) is 5.82. The van der Waals surface area contributed by atoms with Gasteiger partial charge in [-0.1, -0.05) is 12.1 Å². The molecule has 1 aromatic carbocycles. The van der Waals surface area contributed by atoms with Crippen LogP contribution >= 0.6 is 0 Å². The topological polar surface area (TPSA) is 69.6 Å². The summed E-state index contributed by atoms with van der Waals surface area (Å²) in [6.45, 7) is 4.24. The monoisotopic (exact) mass is 248 g/mol. The van der Waals surface area contributed by atoms with E-state index < -0.39 is 17.4 Å². The lowest BCUT2D eigenvalue weighted by atomic mass is 9.98. The Balaban J connectivity index is 2.34. The summed E-state index contributed by atoms with van der Waals surface area (Å²) in [5, 5.41) is 12.4. The highest BCUT2D eigenvalue weighted by Gasteiger charge is 2.28. The Morgan fingerprint density at radius 3 is 2.72 bits per heavy atom. The minimum Gasteiger partial charge on any atom is -0.386 e. The SMILES string of the molecule is CC(C)(O)c1cccc(N2CCNC(=O)C2=O)c1. The van der Waals surface area contributed by atoms with Gasteiger partial charge >= 0.3 is 11.8 Å². The van der Waals surface area contributed by atoms with Gasteiger partial charge in [-0.3, -0.25) is 9.59 Å². The molecule has 0 radical (unpaired) electrons. The number of benzene rings is 1. The first-order chi connectivity index (χ1) is 8.39. The molecule has 0 aliphatic carbocycles. The van der Waals surface area contributed by atoms with Crippen LogP contribution in [0.2, 0.25) is 0 Å². The van der Waals surface area contributed by atoms with Crippen molar-refractivity contribution in [1.29, 1.82) is 0 Å². The van der Waals surface area contributed by atoms with Crippen molar-refractivity contribution in [1.82, 2.24) is 5.32 Å². The fourth-order valence-electron chi connectivity index (χ4n) is 1.88. The Kier molecular flexibility index (Phi) is 3.09. The molecule has 1 aromatic rings. The summed E-state index contributed by atoms with van der Waals surface area (Å²) in [7, 11) is 0. The van der Waals surface area contributed by atoms with Gasteiger partial charge in [0.15, 0.2) is 0 Å². The number of piperazine rings is 1. The number of rotatable bonds is 2. The molecule has 1 fully saturated rings. The fraction of sp³-hybridized carbons (Fsp3) is 0.385. The van der Waals surface area contributed by atoms with Crippen LogP contribution in [-0.4, -0.2) is 30.0 Å². The van der Waals surface area contributed by atoms with E-state index in [2.05, 4.69) is 5.32 Å². The molecule has 0 spiro atoms. The van der Waals surface area contributed by atoms with Crippen LogP contribution in [0.4, 0.5) is 5.69 Å². The molecule has 2 N–H and O–H groups in total. The third-order valence-corrected chi connectivity index (χ3v) is 2.92. The second kappa shape index (κ2) is 4.42. The van der Waals surface area contributed by atoms with Gasteiger partial charge in [0.05, 0.1) is 5.60 Å². The van der Waals surface area contributed by atoms with Crippen LogP contribution < -0.4 is 10.2 Å². The maximum absolute atomic E-state index is 11.7. The van der Waals surface area contributed by atoms with Crippen molar-refractivity contribution >= 4 is 17.5 Å². The molecule has 18 heavy (non-hydrogen) atoms. The summed E-state index contributed by atoms with van der Waals surface area (Å²) < 4.78 is 0. The van der Waals surface area contributed by atoms with Gasteiger partial charge in [0.25, 0.3) is 0 Å². The van der Waals surface area contributed by atoms with Crippen molar-refractivity contribution in [2.24, 2.45) is 0 Å². The number of hydrogen-bond donors (Lipinski definition) is 2. The second-order valence-electron chi connectivity index (χ2n) is 4.82. The summed E-state index contributed by atoms with van der Waals surface area (Å²) >= 11 is 0. The number of hydrogen-bond acceptors (Lipinski definition) is 3. The average Bonchev–Trinajstić information content (AvgIpc) is 2.32. The summed E-state index contributed by atoms with van der Waals surface area (Å²) in [4.78, 5) is 24.5. The van der Waals surface area contributed by atoms with Crippen LogP contribution in [0.1, 0.15) is 19.4 Å². The van der Waals surface area contributed by atoms with Gasteiger partial charge < -0.3 is 15.3 Å². The molecule has 2 rings (SSSR count). The zero-order chi connectivity index (χ0) is 13.3. The smallest absolute Gasteiger partial charge is 0.316 e. The Morgan fingerprint density at radius 2 is 2.06 bits per heavy atom. The van der Waals surface area contributed by atoms with Crippen LogP contribution in [0.15, 0.2) is 24.3 Å². The summed E-state index contributed by atoms with van der Waals surface area (Å²) in [5.74, 6) is -1.15. The average molecular weight is 248 g/mol. The second-order valence-corrected chi connectivity index (χ2v) is 4.82. The first-order valence-electron chi connectivity index (χ1n) is 5.82. The maximum atomic E-state index is 11.7. The van der Waals surface area contributed by atoms with Crippen molar-refractivity contribution < 1.29 is 14.7 Å². The minimum atomic E-state index is -0.975. The molecule has 0 atom stereocenters. The van der Waals surface area contributed by atoms with E-state index in [1.54, 1.807) is 38.1 Å². The number of nitrogens with zero attached hydrogens (tertiary/aromatic N) is 1. The van der Waals surface area contributed by atoms with E-state index in [1.165, 1.54) is 4.90 Å². The van der Waals surface area contributed by atoms with Crippen molar-refractivity contribution in [3.63, 3.8) is 0 Å². The molecule has 0 saturated carbocycles. The molecule has 1 heterocycles. The quantitative estimate of drug-likeness (QED) is 0.743. The molecule has 1 saturated heterocycles. The van der Waals surface area contributed by atoms with E-state index in [9.17, 15) is 14.7 Å². The Labute approximate surface area is 105 Å². The zero-order valence-corrected chi connectivity index (χ0v) is 10.4. The van der Waals surface area contributed by atoms with E-state index >= 15 is 0 Å². The lowest BCUT2D eigenvalue weighted by molar-refractivity contribution is -0.138. The van der Waals surface area contributed by atoms with Crippen LogP contribution in [-0.2, 0) is 15.2 Å². The van der Waals surface area contributed by atoms with E-state index in [-0.39, 0.29) is 0 Å². The predicted octanol–water partition coefficient (Wildman–Crippen LogP) is 0.377. The molecule has 2 amide bonds. The lowest BCUT2D eigenvalue weighted by Gasteiger charge is -2.28. The van der Waals surface area contributed by atoms with Crippen molar-refractivity contribution in [2.75, 3.05) is 18.0 Å². The molecular formula is C13H16N2O3. The highest BCUT2D eigenvalue weighted by molar-refractivity contribution is 6.41. The third kappa shape index (κ3) is 2.36. The van der Waals surface area contributed by atoms with Crippen LogP contribution in [0.25, 0.3) is 0 Å². The Bertz CT molecular complexity index is 491.